The Hall–Kier alpha value is -0.370. The van der Waals surface area contributed by atoms with Crippen LogP contribution in [0.5, 0.6) is 0 Å². The quantitative estimate of drug-likeness (QED) is 0.654. The van der Waals surface area contributed by atoms with Crippen molar-refractivity contribution in [3.63, 3.8) is 0 Å². The van der Waals surface area contributed by atoms with Gasteiger partial charge in [0.2, 0.25) is 0 Å². The van der Waals surface area contributed by atoms with Crippen LogP contribution in [0.4, 0.5) is 0 Å². The van der Waals surface area contributed by atoms with E-state index in [9.17, 15) is 9.90 Å². The summed E-state index contributed by atoms with van der Waals surface area (Å²) in [4.78, 5) is 11.5. The summed E-state index contributed by atoms with van der Waals surface area (Å²) >= 11 is 0. The van der Waals surface area contributed by atoms with Gasteiger partial charge in [-0.2, -0.15) is 0 Å². The van der Waals surface area contributed by atoms with Crippen LogP contribution in [0.3, 0.4) is 0 Å². The number of carbonyl (C=O) groups excluding carboxylic acids is 1. The summed E-state index contributed by atoms with van der Waals surface area (Å²) in [6.07, 6.45) is 13.6. The van der Waals surface area contributed by atoms with Gasteiger partial charge >= 0.3 is 0 Å². The molecule has 0 amide bonds. The lowest BCUT2D eigenvalue weighted by atomic mass is 9.44. The van der Waals surface area contributed by atoms with Crippen molar-refractivity contribution in [2.24, 2.45) is 46.3 Å². The zero-order chi connectivity index (χ0) is 19.4. The number of carbonyl (C=O) groups is 1. The molecule has 0 unspecified atom stereocenters. The van der Waals surface area contributed by atoms with Crippen molar-refractivity contribution in [3.05, 3.63) is 0 Å². The predicted octanol–water partition coefficient (Wildman–Crippen LogP) is 6.01. The van der Waals surface area contributed by atoms with E-state index in [1.807, 2.05) is 0 Å². The summed E-state index contributed by atoms with van der Waals surface area (Å²) in [6, 6.07) is 0. The molecule has 0 aliphatic heterocycles. The fourth-order valence-corrected chi connectivity index (χ4v) is 8.84. The van der Waals surface area contributed by atoms with Crippen LogP contribution in [0.15, 0.2) is 0 Å². The first-order valence-electron chi connectivity index (χ1n) is 11.9. The summed E-state index contributed by atoms with van der Waals surface area (Å²) < 4.78 is 0. The van der Waals surface area contributed by atoms with Gasteiger partial charge in [0.05, 0.1) is 6.10 Å². The molecule has 0 bridgehead atoms. The molecular formula is C25H42O2. The normalized spacial score (nSPS) is 50.4. The van der Waals surface area contributed by atoms with E-state index in [0.29, 0.717) is 22.5 Å². The molecule has 1 N–H and O–H groups in total. The highest BCUT2D eigenvalue weighted by Gasteiger charge is 2.60. The third-order valence-corrected chi connectivity index (χ3v) is 10.4. The molecule has 0 aromatic carbocycles. The largest absolute Gasteiger partial charge is 0.393 e. The Morgan fingerprint density at radius 1 is 1.00 bits per heavy atom. The third kappa shape index (κ3) is 3.22. The lowest BCUT2D eigenvalue weighted by Crippen LogP contribution is -2.54. The van der Waals surface area contributed by atoms with Crippen molar-refractivity contribution in [1.29, 1.82) is 0 Å². The van der Waals surface area contributed by atoms with Gasteiger partial charge in [-0.1, -0.05) is 20.8 Å². The standard InChI is InChI=1S/C25H42O2/c1-16(5-6-17(2)26)21-9-10-22-20-8-7-18-15-19(27)11-13-24(18,3)23(20)12-14-25(21,22)4/h16,18-23,27H,5-15H2,1-4H3/t16-,18+,19+,20+,21-,22+,23+,24+,25-/m1/s1. The van der Waals surface area contributed by atoms with Crippen molar-refractivity contribution in [3.8, 4) is 0 Å². The van der Waals surface area contributed by atoms with E-state index in [4.69, 9.17) is 0 Å². The molecule has 27 heavy (non-hydrogen) atoms. The molecule has 2 nitrogen and oxygen atoms in total. The lowest BCUT2D eigenvalue weighted by molar-refractivity contribution is -0.129. The van der Waals surface area contributed by atoms with Crippen molar-refractivity contribution >= 4 is 5.78 Å². The summed E-state index contributed by atoms with van der Waals surface area (Å²) in [6.45, 7) is 9.38. The van der Waals surface area contributed by atoms with Gasteiger partial charge in [-0.25, -0.2) is 0 Å². The molecule has 4 rings (SSSR count). The molecule has 4 aliphatic rings. The molecule has 2 heteroatoms. The summed E-state index contributed by atoms with van der Waals surface area (Å²) in [5.74, 6) is 5.36. The zero-order valence-corrected chi connectivity index (χ0v) is 18.2. The molecule has 9 atom stereocenters. The molecule has 0 aromatic rings. The fraction of sp³-hybridized carbons (Fsp3) is 0.960. The molecule has 4 saturated carbocycles. The van der Waals surface area contributed by atoms with Crippen LogP contribution in [0.25, 0.3) is 0 Å². The monoisotopic (exact) mass is 374 g/mol. The molecule has 0 radical (unpaired) electrons. The number of aliphatic hydroxyl groups excluding tert-OH is 1. The second kappa shape index (κ2) is 7.15. The topological polar surface area (TPSA) is 37.3 Å². The van der Waals surface area contributed by atoms with Crippen LogP contribution >= 0.6 is 0 Å². The zero-order valence-electron chi connectivity index (χ0n) is 18.2. The van der Waals surface area contributed by atoms with Crippen LogP contribution in [0.1, 0.15) is 98.3 Å². The highest BCUT2D eigenvalue weighted by molar-refractivity contribution is 5.75. The number of hydrogen-bond acceptors (Lipinski definition) is 2. The van der Waals surface area contributed by atoms with Crippen LogP contribution in [-0.4, -0.2) is 17.0 Å². The van der Waals surface area contributed by atoms with Crippen LogP contribution in [0.2, 0.25) is 0 Å². The molecule has 0 aromatic heterocycles. The Morgan fingerprint density at radius 3 is 2.44 bits per heavy atom. The molecule has 0 saturated heterocycles. The Kier molecular flexibility index (Phi) is 5.28. The van der Waals surface area contributed by atoms with Gasteiger partial charge in [0.25, 0.3) is 0 Å². The average molecular weight is 375 g/mol. The Balaban J connectivity index is 1.51. The maximum Gasteiger partial charge on any atom is 0.129 e. The number of fused-ring (bicyclic) bond motifs is 5. The van der Waals surface area contributed by atoms with E-state index in [2.05, 4.69) is 20.8 Å². The second-order valence-corrected chi connectivity index (χ2v) is 11.5. The van der Waals surface area contributed by atoms with E-state index < -0.39 is 0 Å². The first-order chi connectivity index (χ1) is 12.8. The van der Waals surface area contributed by atoms with Gasteiger partial charge < -0.3 is 9.90 Å². The third-order valence-electron chi connectivity index (χ3n) is 10.4. The maximum absolute atomic E-state index is 11.5. The van der Waals surface area contributed by atoms with Gasteiger partial charge in [-0.05, 0) is 117 Å². The van der Waals surface area contributed by atoms with Crippen molar-refractivity contribution in [2.75, 3.05) is 0 Å². The Labute approximate surface area is 166 Å². The molecule has 4 fully saturated rings. The number of ketones is 1. The maximum atomic E-state index is 11.5. The predicted molar refractivity (Wildman–Crippen MR) is 110 cm³/mol. The highest BCUT2D eigenvalue weighted by Crippen LogP contribution is 2.68. The SMILES string of the molecule is CC(=O)CC[C@@H](C)[C@H]1CC[C@H]2[C@@H]3CC[C@H]4C[C@@H](O)CC[C@]4(C)[C@H]3CC[C@]12C. The van der Waals surface area contributed by atoms with Crippen LogP contribution in [0, 0.1) is 46.3 Å². The molecule has 154 valence electrons. The number of Topliss-reactive ketones (excluding diaryl/α,β-unsaturated/α-hetero) is 1. The minimum Gasteiger partial charge on any atom is -0.393 e. The Morgan fingerprint density at radius 2 is 1.70 bits per heavy atom. The number of aliphatic hydroxyl groups is 1. The summed E-state index contributed by atoms with van der Waals surface area (Å²) in [7, 11) is 0. The van der Waals surface area contributed by atoms with Crippen molar-refractivity contribution in [2.45, 2.75) is 104 Å². The van der Waals surface area contributed by atoms with E-state index in [0.717, 1.165) is 55.3 Å². The molecular weight excluding hydrogens is 332 g/mol. The second-order valence-electron chi connectivity index (χ2n) is 11.5. The Bertz CT molecular complexity index is 571. The van der Waals surface area contributed by atoms with Gasteiger partial charge in [0.15, 0.2) is 0 Å². The van der Waals surface area contributed by atoms with Gasteiger partial charge in [-0.15, -0.1) is 0 Å². The molecule has 4 aliphatic carbocycles. The molecule has 0 heterocycles. The first kappa shape index (κ1) is 19.9. The summed E-state index contributed by atoms with van der Waals surface area (Å²) in [5.41, 5.74) is 0.997. The molecule has 0 spiro atoms. The smallest absolute Gasteiger partial charge is 0.129 e. The van der Waals surface area contributed by atoms with Crippen LogP contribution in [-0.2, 0) is 4.79 Å². The van der Waals surface area contributed by atoms with E-state index in [1.54, 1.807) is 6.92 Å². The van der Waals surface area contributed by atoms with E-state index >= 15 is 0 Å². The lowest BCUT2D eigenvalue weighted by Gasteiger charge is -2.61. The average Bonchev–Trinajstić information content (AvgIpc) is 2.97. The minimum absolute atomic E-state index is 0.0357. The van der Waals surface area contributed by atoms with Crippen molar-refractivity contribution < 1.29 is 9.90 Å². The summed E-state index contributed by atoms with van der Waals surface area (Å²) in [5, 5.41) is 10.2. The first-order valence-corrected chi connectivity index (χ1v) is 11.9. The van der Waals surface area contributed by atoms with Gasteiger partial charge in [0.1, 0.15) is 5.78 Å². The van der Waals surface area contributed by atoms with E-state index in [-0.39, 0.29) is 6.10 Å². The minimum atomic E-state index is -0.0357. The fourth-order valence-electron chi connectivity index (χ4n) is 8.84. The number of hydrogen-bond donors (Lipinski definition) is 1. The van der Waals surface area contributed by atoms with E-state index in [1.165, 1.54) is 44.9 Å². The highest BCUT2D eigenvalue weighted by atomic mass is 16.3. The van der Waals surface area contributed by atoms with Crippen molar-refractivity contribution in [1.82, 2.24) is 0 Å². The number of rotatable bonds is 4. The van der Waals surface area contributed by atoms with Crippen LogP contribution < -0.4 is 0 Å². The van der Waals surface area contributed by atoms with Gasteiger partial charge in [0, 0.05) is 6.42 Å². The van der Waals surface area contributed by atoms with Gasteiger partial charge in [-0.3, -0.25) is 0 Å².